The highest BCUT2D eigenvalue weighted by Crippen LogP contribution is 2.36. The minimum Gasteiger partial charge on any atom is -0.481 e. The van der Waals surface area contributed by atoms with Crippen molar-refractivity contribution in [2.75, 3.05) is 0 Å². The molecular formula is C12H20O3. The van der Waals surface area contributed by atoms with Gasteiger partial charge in [-0.15, -0.1) is 0 Å². The average molecular weight is 212 g/mol. The molecule has 3 heteroatoms. The fourth-order valence-electron chi connectivity index (χ4n) is 2.37. The van der Waals surface area contributed by atoms with E-state index >= 15 is 0 Å². The maximum Gasteiger partial charge on any atom is 0.303 e. The predicted octanol–water partition coefficient (Wildman–Crippen LogP) is 2.20. The number of hydrogen-bond acceptors (Lipinski definition) is 2. The maximum atomic E-state index is 10.6. The van der Waals surface area contributed by atoms with Gasteiger partial charge in [0.2, 0.25) is 0 Å². The Morgan fingerprint density at radius 3 is 2.73 bits per heavy atom. The Morgan fingerprint density at radius 2 is 2.13 bits per heavy atom. The van der Waals surface area contributed by atoms with Crippen molar-refractivity contribution in [2.24, 2.45) is 11.8 Å². The van der Waals surface area contributed by atoms with Crippen molar-refractivity contribution in [3.63, 3.8) is 0 Å². The first-order valence-electron chi connectivity index (χ1n) is 5.70. The van der Waals surface area contributed by atoms with Crippen LogP contribution in [-0.2, 0) is 4.79 Å². The Labute approximate surface area is 90.8 Å². The van der Waals surface area contributed by atoms with E-state index in [1.165, 1.54) is 0 Å². The van der Waals surface area contributed by atoms with E-state index in [2.05, 4.69) is 19.1 Å². The first-order valence-corrected chi connectivity index (χ1v) is 5.70. The fourth-order valence-corrected chi connectivity index (χ4v) is 2.37. The molecule has 1 fully saturated rings. The Morgan fingerprint density at radius 1 is 1.40 bits per heavy atom. The minimum atomic E-state index is -0.751. The highest BCUT2D eigenvalue weighted by atomic mass is 16.4. The molecule has 3 nitrogen and oxygen atoms in total. The van der Waals surface area contributed by atoms with Gasteiger partial charge in [-0.25, -0.2) is 0 Å². The van der Waals surface area contributed by atoms with E-state index in [1.807, 2.05) is 0 Å². The third kappa shape index (κ3) is 3.67. The summed E-state index contributed by atoms with van der Waals surface area (Å²) in [5.74, 6) is -0.457. The second-order valence-corrected chi connectivity index (χ2v) is 4.28. The van der Waals surface area contributed by atoms with Gasteiger partial charge in [0.1, 0.15) is 0 Å². The van der Waals surface area contributed by atoms with Crippen LogP contribution in [0.2, 0.25) is 0 Å². The van der Waals surface area contributed by atoms with Crippen LogP contribution in [-0.4, -0.2) is 22.3 Å². The van der Waals surface area contributed by atoms with Gasteiger partial charge in [-0.1, -0.05) is 19.1 Å². The van der Waals surface area contributed by atoms with Crippen molar-refractivity contribution in [1.29, 1.82) is 0 Å². The first kappa shape index (κ1) is 12.2. The van der Waals surface area contributed by atoms with Crippen molar-refractivity contribution in [2.45, 2.75) is 45.1 Å². The van der Waals surface area contributed by atoms with E-state index in [9.17, 15) is 9.90 Å². The van der Waals surface area contributed by atoms with Crippen molar-refractivity contribution in [1.82, 2.24) is 0 Å². The van der Waals surface area contributed by atoms with Gasteiger partial charge in [-0.2, -0.15) is 0 Å². The van der Waals surface area contributed by atoms with Crippen LogP contribution in [0.5, 0.6) is 0 Å². The Bertz CT molecular complexity index is 235. The normalized spacial score (nSPS) is 31.2. The molecule has 0 aliphatic heterocycles. The Balaban J connectivity index is 2.48. The molecule has 0 aromatic heterocycles. The molecule has 86 valence electrons. The molecule has 1 aliphatic carbocycles. The monoisotopic (exact) mass is 212 g/mol. The van der Waals surface area contributed by atoms with Crippen molar-refractivity contribution in [3.8, 4) is 0 Å². The van der Waals surface area contributed by atoms with Gasteiger partial charge in [-0.3, -0.25) is 4.79 Å². The number of carbonyl (C=O) groups is 1. The minimum absolute atomic E-state index is 0.142. The lowest BCUT2D eigenvalue weighted by molar-refractivity contribution is -0.138. The average Bonchev–Trinajstić information content (AvgIpc) is 2.49. The van der Waals surface area contributed by atoms with Gasteiger partial charge in [-0.05, 0) is 37.5 Å². The molecule has 0 unspecified atom stereocenters. The van der Waals surface area contributed by atoms with Crippen LogP contribution in [0.4, 0.5) is 0 Å². The molecule has 1 aliphatic rings. The van der Waals surface area contributed by atoms with Crippen LogP contribution >= 0.6 is 0 Å². The maximum absolute atomic E-state index is 10.6. The van der Waals surface area contributed by atoms with E-state index in [0.717, 1.165) is 25.7 Å². The number of hydrogen-bond donors (Lipinski definition) is 2. The molecule has 0 amide bonds. The van der Waals surface area contributed by atoms with Crippen LogP contribution in [0, 0.1) is 11.8 Å². The van der Waals surface area contributed by atoms with E-state index in [0.29, 0.717) is 0 Å². The standard InChI is InChI=1S/C12H20O3/c1-2-3-4-5-10-9(8-12(14)15)6-7-11(10)13/h3-4,9-11,13H,2,5-8H2,1H3,(H,14,15)/b4-3-/t9-,10+,11+/m1/s1. The third-order valence-electron chi connectivity index (χ3n) is 3.18. The molecule has 1 saturated carbocycles. The number of allylic oxidation sites excluding steroid dienone is 2. The highest BCUT2D eigenvalue weighted by molar-refractivity contribution is 5.67. The third-order valence-corrected chi connectivity index (χ3v) is 3.18. The zero-order chi connectivity index (χ0) is 11.3. The van der Waals surface area contributed by atoms with Crippen LogP contribution in [0.25, 0.3) is 0 Å². The van der Waals surface area contributed by atoms with Gasteiger partial charge in [0.15, 0.2) is 0 Å². The van der Waals surface area contributed by atoms with Gasteiger partial charge in [0, 0.05) is 6.42 Å². The predicted molar refractivity (Wildman–Crippen MR) is 58.5 cm³/mol. The summed E-state index contributed by atoms with van der Waals surface area (Å²) in [4.78, 5) is 10.6. The summed E-state index contributed by atoms with van der Waals surface area (Å²) in [6.45, 7) is 2.07. The second kappa shape index (κ2) is 5.91. The smallest absolute Gasteiger partial charge is 0.303 e. The molecule has 0 heterocycles. The van der Waals surface area contributed by atoms with Crippen molar-refractivity contribution >= 4 is 5.97 Å². The molecule has 3 atom stereocenters. The lowest BCUT2D eigenvalue weighted by Crippen LogP contribution is -2.20. The second-order valence-electron chi connectivity index (χ2n) is 4.28. The zero-order valence-electron chi connectivity index (χ0n) is 9.22. The first-order chi connectivity index (χ1) is 7.15. The molecule has 0 aromatic carbocycles. The summed E-state index contributed by atoms with van der Waals surface area (Å²) in [6.07, 6.45) is 7.43. The van der Waals surface area contributed by atoms with E-state index < -0.39 is 5.97 Å². The number of aliphatic carboxylic acids is 1. The zero-order valence-corrected chi connectivity index (χ0v) is 9.22. The highest BCUT2D eigenvalue weighted by Gasteiger charge is 2.34. The number of carboxylic acids is 1. The number of aliphatic hydroxyl groups is 1. The van der Waals surface area contributed by atoms with E-state index in [4.69, 9.17) is 5.11 Å². The fraction of sp³-hybridized carbons (Fsp3) is 0.750. The Hall–Kier alpha value is -0.830. The summed E-state index contributed by atoms with van der Waals surface area (Å²) in [7, 11) is 0. The molecule has 2 N–H and O–H groups in total. The molecule has 0 spiro atoms. The lowest BCUT2D eigenvalue weighted by Gasteiger charge is -2.18. The quantitative estimate of drug-likeness (QED) is 0.687. The van der Waals surface area contributed by atoms with Gasteiger partial charge < -0.3 is 10.2 Å². The van der Waals surface area contributed by atoms with Crippen molar-refractivity contribution < 1.29 is 15.0 Å². The molecule has 1 rings (SSSR count). The molecular weight excluding hydrogens is 192 g/mol. The van der Waals surface area contributed by atoms with Gasteiger partial charge in [0.25, 0.3) is 0 Å². The number of rotatable bonds is 5. The van der Waals surface area contributed by atoms with Crippen LogP contribution < -0.4 is 0 Å². The Kier molecular flexibility index (Phi) is 4.82. The molecule has 0 bridgehead atoms. The molecule has 0 saturated heterocycles. The van der Waals surface area contributed by atoms with E-state index in [-0.39, 0.29) is 24.4 Å². The topological polar surface area (TPSA) is 57.5 Å². The largest absolute Gasteiger partial charge is 0.481 e. The summed E-state index contributed by atoms with van der Waals surface area (Å²) in [6, 6.07) is 0. The molecule has 15 heavy (non-hydrogen) atoms. The van der Waals surface area contributed by atoms with Crippen LogP contribution in [0.15, 0.2) is 12.2 Å². The summed E-state index contributed by atoms with van der Waals surface area (Å²) in [5.41, 5.74) is 0. The number of aliphatic hydroxyl groups excluding tert-OH is 1. The number of carboxylic acid groups (broad SMARTS) is 1. The van der Waals surface area contributed by atoms with Crippen molar-refractivity contribution in [3.05, 3.63) is 12.2 Å². The summed E-state index contributed by atoms with van der Waals surface area (Å²) in [5, 5.41) is 18.5. The summed E-state index contributed by atoms with van der Waals surface area (Å²) >= 11 is 0. The van der Waals surface area contributed by atoms with Crippen LogP contribution in [0.1, 0.15) is 39.0 Å². The van der Waals surface area contributed by atoms with Gasteiger partial charge >= 0.3 is 5.97 Å². The van der Waals surface area contributed by atoms with Gasteiger partial charge in [0.05, 0.1) is 6.10 Å². The lowest BCUT2D eigenvalue weighted by atomic mass is 9.89. The molecule has 0 radical (unpaired) electrons. The van der Waals surface area contributed by atoms with Crippen LogP contribution in [0.3, 0.4) is 0 Å². The molecule has 0 aromatic rings. The summed E-state index contributed by atoms with van der Waals surface area (Å²) < 4.78 is 0. The SMILES string of the molecule is CC/C=C\C[C@H]1[C@@H](CC(=O)O)CC[C@@H]1O. The van der Waals surface area contributed by atoms with E-state index in [1.54, 1.807) is 0 Å².